The molecule has 0 unspecified atom stereocenters. The van der Waals surface area contributed by atoms with E-state index >= 15 is 0 Å². The number of likely N-dealkylation sites (N-methyl/N-ethyl adjacent to an activating group) is 1. The molecule has 27 heavy (non-hydrogen) atoms. The number of hydrogen-bond acceptors (Lipinski definition) is 7. The summed E-state index contributed by atoms with van der Waals surface area (Å²) >= 11 is 0. The van der Waals surface area contributed by atoms with Crippen molar-refractivity contribution >= 4 is 11.9 Å². The molecule has 2 aromatic heterocycles. The number of carbonyl (C=O) groups is 2. The van der Waals surface area contributed by atoms with Crippen molar-refractivity contribution in [3.63, 3.8) is 0 Å². The average Bonchev–Trinajstić information content (AvgIpc) is 3.20. The normalized spacial score (nSPS) is 14.7. The Labute approximate surface area is 157 Å². The quantitative estimate of drug-likeness (QED) is 0.688. The van der Waals surface area contributed by atoms with Gasteiger partial charge in [0.1, 0.15) is 5.69 Å². The van der Waals surface area contributed by atoms with Gasteiger partial charge in [0.05, 0.1) is 6.42 Å². The lowest BCUT2D eigenvalue weighted by molar-refractivity contribution is -0.152. The zero-order valence-corrected chi connectivity index (χ0v) is 15.5. The third-order valence-corrected chi connectivity index (χ3v) is 4.78. The summed E-state index contributed by atoms with van der Waals surface area (Å²) in [5.74, 6) is 0.0879. The molecule has 1 aliphatic carbocycles. The Hall–Kier alpha value is -2.77. The van der Waals surface area contributed by atoms with Gasteiger partial charge in [0.15, 0.2) is 6.61 Å². The molecule has 144 valence electrons. The van der Waals surface area contributed by atoms with Gasteiger partial charge >= 0.3 is 5.97 Å². The zero-order valence-electron chi connectivity index (χ0n) is 15.5. The average molecular weight is 372 g/mol. The van der Waals surface area contributed by atoms with Crippen molar-refractivity contribution < 1.29 is 18.8 Å². The van der Waals surface area contributed by atoms with Crippen molar-refractivity contribution in [1.29, 1.82) is 0 Å². The maximum Gasteiger partial charge on any atom is 0.306 e. The van der Waals surface area contributed by atoms with Gasteiger partial charge in [-0.15, -0.1) is 0 Å². The fourth-order valence-electron chi connectivity index (χ4n) is 3.15. The monoisotopic (exact) mass is 372 g/mol. The van der Waals surface area contributed by atoms with Crippen molar-refractivity contribution in [3.05, 3.63) is 30.3 Å². The molecule has 1 aliphatic rings. The van der Waals surface area contributed by atoms with Gasteiger partial charge in [-0.25, -0.2) is 0 Å². The second-order valence-corrected chi connectivity index (χ2v) is 6.68. The summed E-state index contributed by atoms with van der Waals surface area (Å²) in [6.45, 7) is -0.227. The number of carbonyl (C=O) groups excluding carboxylic acids is 2. The molecule has 1 fully saturated rings. The van der Waals surface area contributed by atoms with Crippen LogP contribution < -0.4 is 0 Å². The molecule has 2 aromatic rings. The molecule has 0 atom stereocenters. The number of aryl methyl sites for hydroxylation is 1. The van der Waals surface area contributed by atoms with E-state index in [9.17, 15) is 9.59 Å². The van der Waals surface area contributed by atoms with Crippen LogP contribution in [0.25, 0.3) is 11.5 Å². The first-order chi connectivity index (χ1) is 13.1. The second kappa shape index (κ2) is 9.25. The Morgan fingerprint density at radius 3 is 2.81 bits per heavy atom. The summed E-state index contributed by atoms with van der Waals surface area (Å²) in [5, 5.41) is 3.85. The zero-order chi connectivity index (χ0) is 19.1. The molecule has 8 nitrogen and oxygen atoms in total. The molecule has 0 aliphatic heterocycles. The van der Waals surface area contributed by atoms with E-state index in [1.807, 2.05) is 6.07 Å². The first-order valence-electron chi connectivity index (χ1n) is 9.29. The van der Waals surface area contributed by atoms with Gasteiger partial charge in [-0.05, 0) is 25.0 Å². The van der Waals surface area contributed by atoms with Crippen molar-refractivity contribution in [1.82, 2.24) is 20.0 Å². The first kappa shape index (κ1) is 19.0. The minimum atomic E-state index is -0.460. The van der Waals surface area contributed by atoms with E-state index in [0.717, 1.165) is 25.7 Å². The van der Waals surface area contributed by atoms with Gasteiger partial charge in [0.25, 0.3) is 5.91 Å². The maximum atomic E-state index is 12.2. The molecule has 1 amide bonds. The highest BCUT2D eigenvalue weighted by Gasteiger charge is 2.22. The van der Waals surface area contributed by atoms with Crippen molar-refractivity contribution in [3.8, 4) is 11.5 Å². The molecule has 8 heteroatoms. The van der Waals surface area contributed by atoms with Crippen LogP contribution >= 0.6 is 0 Å². The highest BCUT2D eigenvalue weighted by Crippen LogP contribution is 2.21. The molecular formula is C19H24N4O4. The predicted molar refractivity (Wildman–Crippen MR) is 96.5 cm³/mol. The predicted octanol–water partition coefficient (Wildman–Crippen LogP) is 2.40. The minimum Gasteiger partial charge on any atom is -0.456 e. The van der Waals surface area contributed by atoms with E-state index in [-0.39, 0.29) is 31.4 Å². The molecule has 2 heterocycles. The number of ether oxygens (including phenoxy) is 1. The molecule has 0 saturated heterocycles. The topological polar surface area (TPSA) is 98.4 Å². The standard InChI is InChI=1S/C19H24N4O4/c1-23(14-7-3-2-4-8-14)17(24)13-26-18(25)11-10-16-21-19(22-27-16)15-9-5-6-12-20-15/h5-6,9,12,14H,2-4,7-8,10-11,13H2,1H3. The van der Waals surface area contributed by atoms with E-state index in [4.69, 9.17) is 9.26 Å². The van der Waals surface area contributed by atoms with Crippen LogP contribution in [0.3, 0.4) is 0 Å². The van der Waals surface area contributed by atoms with Gasteiger partial charge in [0.2, 0.25) is 11.7 Å². The minimum absolute atomic E-state index is 0.0737. The van der Waals surface area contributed by atoms with Crippen LogP contribution in [0, 0.1) is 0 Å². The Morgan fingerprint density at radius 1 is 1.26 bits per heavy atom. The molecule has 1 saturated carbocycles. The van der Waals surface area contributed by atoms with Crippen LogP contribution in [0.15, 0.2) is 28.9 Å². The molecule has 0 radical (unpaired) electrons. The summed E-state index contributed by atoms with van der Waals surface area (Å²) < 4.78 is 10.2. The van der Waals surface area contributed by atoms with Crippen molar-refractivity contribution in [2.45, 2.75) is 51.0 Å². The van der Waals surface area contributed by atoms with Crippen LogP contribution in [0.4, 0.5) is 0 Å². The lowest BCUT2D eigenvalue weighted by atomic mass is 9.94. The molecular weight excluding hydrogens is 348 g/mol. The Balaban J connectivity index is 1.41. The number of pyridine rings is 1. The number of esters is 1. The molecule has 3 rings (SSSR count). The lowest BCUT2D eigenvalue weighted by Gasteiger charge is -2.31. The smallest absolute Gasteiger partial charge is 0.306 e. The Kier molecular flexibility index (Phi) is 6.51. The number of nitrogens with zero attached hydrogens (tertiary/aromatic N) is 4. The van der Waals surface area contributed by atoms with E-state index < -0.39 is 5.97 Å². The largest absolute Gasteiger partial charge is 0.456 e. The summed E-state index contributed by atoms with van der Waals surface area (Å²) in [6.07, 6.45) is 7.53. The van der Waals surface area contributed by atoms with E-state index in [1.54, 1.807) is 30.3 Å². The third kappa shape index (κ3) is 5.35. The van der Waals surface area contributed by atoms with Crippen LogP contribution in [0.2, 0.25) is 0 Å². The van der Waals surface area contributed by atoms with Crippen LogP contribution in [-0.2, 0) is 20.7 Å². The van der Waals surface area contributed by atoms with E-state index in [1.165, 1.54) is 6.42 Å². The summed E-state index contributed by atoms with van der Waals surface area (Å²) in [6, 6.07) is 5.66. The first-order valence-corrected chi connectivity index (χ1v) is 9.29. The fraction of sp³-hybridized carbons (Fsp3) is 0.526. The van der Waals surface area contributed by atoms with E-state index in [0.29, 0.717) is 17.4 Å². The van der Waals surface area contributed by atoms with Gasteiger partial charge in [-0.2, -0.15) is 4.98 Å². The van der Waals surface area contributed by atoms with Gasteiger partial charge in [-0.3, -0.25) is 14.6 Å². The molecule has 0 spiro atoms. The SMILES string of the molecule is CN(C(=O)COC(=O)CCc1nc(-c2ccccn2)no1)C1CCCCC1. The highest BCUT2D eigenvalue weighted by molar-refractivity contribution is 5.80. The molecule has 0 aromatic carbocycles. The van der Waals surface area contributed by atoms with Gasteiger partial charge < -0.3 is 14.2 Å². The molecule has 0 bridgehead atoms. The fourth-order valence-corrected chi connectivity index (χ4v) is 3.15. The van der Waals surface area contributed by atoms with Gasteiger partial charge in [-0.1, -0.05) is 30.5 Å². The van der Waals surface area contributed by atoms with Gasteiger partial charge in [0, 0.05) is 25.7 Å². The van der Waals surface area contributed by atoms with Crippen molar-refractivity contribution in [2.24, 2.45) is 0 Å². The summed E-state index contributed by atoms with van der Waals surface area (Å²) in [5.41, 5.74) is 0.603. The molecule has 0 N–H and O–H groups in total. The maximum absolute atomic E-state index is 12.2. The van der Waals surface area contributed by atoms with E-state index in [2.05, 4.69) is 15.1 Å². The van der Waals surface area contributed by atoms with Crippen LogP contribution in [-0.4, -0.2) is 51.6 Å². The second-order valence-electron chi connectivity index (χ2n) is 6.68. The Bertz CT molecular complexity index is 756. The number of amides is 1. The number of rotatable bonds is 7. The van der Waals surface area contributed by atoms with Crippen LogP contribution in [0.5, 0.6) is 0 Å². The summed E-state index contributed by atoms with van der Waals surface area (Å²) in [4.78, 5) is 34.2. The Morgan fingerprint density at radius 2 is 2.07 bits per heavy atom. The number of hydrogen-bond donors (Lipinski definition) is 0. The highest BCUT2D eigenvalue weighted by atomic mass is 16.5. The third-order valence-electron chi connectivity index (χ3n) is 4.78. The lowest BCUT2D eigenvalue weighted by Crippen LogP contribution is -2.40. The summed E-state index contributed by atoms with van der Waals surface area (Å²) in [7, 11) is 1.78. The van der Waals surface area contributed by atoms with Crippen LogP contribution in [0.1, 0.15) is 44.4 Å². The number of aromatic nitrogens is 3. The van der Waals surface area contributed by atoms with Crippen molar-refractivity contribution in [2.75, 3.05) is 13.7 Å².